The van der Waals surface area contributed by atoms with Gasteiger partial charge in [-0.2, -0.15) is 0 Å². The van der Waals surface area contributed by atoms with Gasteiger partial charge >= 0.3 is 5.97 Å². The quantitative estimate of drug-likeness (QED) is 0.302. The molecule has 5 nitrogen and oxygen atoms in total. The molecule has 0 fully saturated rings. The molecule has 6 heteroatoms. The molecule has 0 saturated carbocycles. The Morgan fingerprint density at radius 3 is 2.39 bits per heavy atom. The fourth-order valence-electron chi connectivity index (χ4n) is 3.34. The lowest BCUT2D eigenvalue weighted by Gasteiger charge is -2.11. The summed E-state index contributed by atoms with van der Waals surface area (Å²) >= 11 is 5.93. The molecule has 0 aliphatic carbocycles. The predicted octanol–water partition coefficient (Wildman–Crippen LogP) is 6.40. The Hall–Kier alpha value is -3.57. The zero-order chi connectivity index (χ0) is 23.4. The fraction of sp³-hybridized carbons (Fsp3) is 0.185. The lowest BCUT2D eigenvalue weighted by Crippen LogP contribution is -2.05. The Balaban J connectivity index is 1.51. The molecule has 4 rings (SSSR count). The van der Waals surface area contributed by atoms with Gasteiger partial charge in [-0.1, -0.05) is 55.8 Å². The predicted molar refractivity (Wildman–Crippen MR) is 130 cm³/mol. The van der Waals surface area contributed by atoms with Crippen molar-refractivity contribution in [2.75, 3.05) is 7.11 Å². The summed E-state index contributed by atoms with van der Waals surface area (Å²) in [5.74, 6) is 1.39. The van der Waals surface area contributed by atoms with E-state index in [2.05, 4.69) is 18.8 Å². The molecule has 0 bridgehead atoms. The first-order chi connectivity index (χ1) is 15.9. The molecule has 0 radical (unpaired) electrons. The molecule has 33 heavy (non-hydrogen) atoms. The van der Waals surface area contributed by atoms with Crippen LogP contribution in [-0.2, 0) is 16.1 Å². The van der Waals surface area contributed by atoms with E-state index in [-0.39, 0.29) is 5.70 Å². The number of rotatable bonds is 7. The van der Waals surface area contributed by atoms with Gasteiger partial charge in [0.15, 0.2) is 17.2 Å². The number of hydrogen-bond donors (Lipinski definition) is 0. The van der Waals surface area contributed by atoms with Crippen molar-refractivity contribution in [3.8, 4) is 11.5 Å². The maximum Gasteiger partial charge on any atom is 0.363 e. The van der Waals surface area contributed by atoms with Crippen molar-refractivity contribution in [2.45, 2.75) is 26.4 Å². The second-order valence-corrected chi connectivity index (χ2v) is 8.37. The molecular weight excluding hydrogens is 438 g/mol. The van der Waals surface area contributed by atoms with Crippen molar-refractivity contribution in [2.24, 2.45) is 4.99 Å². The third-order valence-corrected chi connectivity index (χ3v) is 5.50. The van der Waals surface area contributed by atoms with Gasteiger partial charge < -0.3 is 14.2 Å². The smallest absolute Gasteiger partial charge is 0.363 e. The van der Waals surface area contributed by atoms with Crippen LogP contribution in [0.25, 0.3) is 6.08 Å². The largest absolute Gasteiger partial charge is 0.493 e. The van der Waals surface area contributed by atoms with Crippen molar-refractivity contribution in [3.05, 3.63) is 99.7 Å². The van der Waals surface area contributed by atoms with E-state index in [0.29, 0.717) is 34.9 Å². The summed E-state index contributed by atoms with van der Waals surface area (Å²) in [4.78, 5) is 16.8. The Labute approximate surface area is 198 Å². The number of hydrogen-bond acceptors (Lipinski definition) is 5. The molecule has 168 valence electrons. The maximum atomic E-state index is 12.4. The molecule has 1 aliphatic rings. The molecule has 0 spiro atoms. The van der Waals surface area contributed by atoms with E-state index < -0.39 is 5.97 Å². The number of halogens is 1. The van der Waals surface area contributed by atoms with Crippen LogP contribution >= 0.6 is 11.6 Å². The lowest BCUT2D eigenvalue weighted by molar-refractivity contribution is -0.129. The molecule has 0 unspecified atom stereocenters. The maximum absolute atomic E-state index is 12.4. The van der Waals surface area contributed by atoms with Crippen LogP contribution in [0.15, 0.2) is 77.4 Å². The molecular formula is C27H24ClNO4. The number of ether oxygens (including phenoxy) is 3. The van der Waals surface area contributed by atoms with E-state index in [0.717, 1.165) is 16.7 Å². The van der Waals surface area contributed by atoms with Gasteiger partial charge in [-0.3, -0.25) is 0 Å². The third-order valence-electron chi connectivity index (χ3n) is 5.24. The average molecular weight is 462 g/mol. The minimum atomic E-state index is -0.486. The van der Waals surface area contributed by atoms with Crippen molar-refractivity contribution >= 4 is 29.5 Å². The molecule has 0 saturated heterocycles. The fourth-order valence-corrected chi connectivity index (χ4v) is 3.46. The standard InChI is InChI=1S/C27H24ClNO4/c1-17(2)20-7-9-21(10-8-20)26-29-23(27(30)33-26)14-19-6-13-24(25(15-19)31-3)32-16-18-4-11-22(28)12-5-18/h4-15,17H,16H2,1-3H3/b23-14-. The van der Waals surface area contributed by atoms with Crippen LogP contribution in [-0.4, -0.2) is 19.0 Å². The van der Waals surface area contributed by atoms with Gasteiger partial charge in [-0.25, -0.2) is 9.79 Å². The first kappa shape index (κ1) is 22.6. The lowest BCUT2D eigenvalue weighted by atomic mass is 10.0. The van der Waals surface area contributed by atoms with Crippen LogP contribution in [0.1, 0.15) is 42.0 Å². The Kier molecular flexibility index (Phi) is 6.80. The van der Waals surface area contributed by atoms with Gasteiger partial charge in [-0.15, -0.1) is 0 Å². The van der Waals surface area contributed by atoms with Crippen LogP contribution in [0.3, 0.4) is 0 Å². The van der Waals surface area contributed by atoms with Crippen LogP contribution in [0, 0.1) is 0 Å². The summed E-state index contributed by atoms with van der Waals surface area (Å²) in [6.07, 6.45) is 1.67. The number of methoxy groups -OCH3 is 1. The van der Waals surface area contributed by atoms with Crippen LogP contribution in [0.2, 0.25) is 5.02 Å². The number of esters is 1. The topological polar surface area (TPSA) is 57.1 Å². The molecule has 3 aromatic rings. The number of carbonyl (C=O) groups is 1. The Bertz CT molecular complexity index is 1210. The molecule has 0 N–H and O–H groups in total. The van der Waals surface area contributed by atoms with Gasteiger partial charge in [0.1, 0.15) is 6.61 Å². The molecule has 0 aromatic heterocycles. The van der Waals surface area contributed by atoms with E-state index in [9.17, 15) is 4.79 Å². The highest BCUT2D eigenvalue weighted by Crippen LogP contribution is 2.30. The van der Waals surface area contributed by atoms with Gasteiger partial charge in [0, 0.05) is 10.6 Å². The van der Waals surface area contributed by atoms with Crippen molar-refractivity contribution in [3.63, 3.8) is 0 Å². The Morgan fingerprint density at radius 1 is 1.00 bits per heavy atom. The number of cyclic esters (lactones) is 1. The SMILES string of the molecule is COc1cc(/C=C2\N=C(c3ccc(C(C)C)cc3)OC2=O)ccc1OCc1ccc(Cl)cc1. The summed E-state index contributed by atoms with van der Waals surface area (Å²) in [6.45, 7) is 4.64. The van der Waals surface area contributed by atoms with Gasteiger partial charge in [0.05, 0.1) is 7.11 Å². The summed E-state index contributed by atoms with van der Waals surface area (Å²) < 4.78 is 16.8. The zero-order valence-electron chi connectivity index (χ0n) is 18.7. The summed E-state index contributed by atoms with van der Waals surface area (Å²) in [5.41, 5.74) is 3.95. The molecule has 1 aliphatic heterocycles. The van der Waals surface area contributed by atoms with Crippen molar-refractivity contribution in [1.29, 1.82) is 0 Å². The monoisotopic (exact) mass is 461 g/mol. The summed E-state index contributed by atoms with van der Waals surface area (Å²) in [5, 5.41) is 0.678. The molecule has 1 heterocycles. The van der Waals surface area contributed by atoms with E-state index >= 15 is 0 Å². The van der Waals surface area contributed by atoms with Gasteiger partial charge in [0.2, 0.25) is 5.90 Å². The van der Waals surface area contributed by atoms with Gasteiger partial charge in [-0.05, 0) is 65.1 Å². The molecule has 0 amide bonds. The summed E-state index contributed by atoms with van der Waals surface area (Å²) in [6, 6.07) is 20.8. The highest BCUT2D eigenvalue weighted by molar-refractivity contribution is 6.30. The number of benzene rings is 3. The van der Waals surface area contributed by atoms with Crippen LogP contribution < -0.4 is 9.47 Å². The van der Waals surface area contributed by atoms with Gasteiger partial charge in [0.25, 0.3) is 0 Å². The van der Waals surface area contributed by atoms with E-state index in [4.69, 9.17) is 25.8 Å². The molecule has 0 atom stereocenters. The van der Waals surface area contributed by atoms with E-state index in [1.807, 2.05) is 54.6 Å². The van der Waals surface area contributed by atoms with Crippen molar-refractivity contribution < 1.29 is 19.0 Å². The van der Waals surface area contributed by atoms with Crippen LogP contribution in [0.4, 0.5) is 0 Å². The minimum absolute atomic E-state index is 0.231. The van der Waals surface area contributed by atoms with E-state index in [1.54, 1.807) is 25.3 Å². The first-order valence-electron chi connectivity index (χ1n) is 10.6. The van der Waals surface area contributed by atoms with Crippen LogP contribution in [0.5, 0.6) is 11.5 Å². The first-order valence-corrected chi connectivity index (χ1v) is 11.0. The number of nitrogens with zero attached hydrogens (tertiary/aromatic N) is 1. The second kappa shape index (κ2) is 9.92. The zero-order valence-corrected chi connectivity index (χ0v) is 19.4. The summed E-state index contributed by atoms with van der Waals surface area (Å²) in [7, 11) is 1.57. The Morgan fingerprint density at radius 2 is 1.73 bits per heavy atom. The third kappa shape index (κ3) is 5.44. The average Bonchev–Trinajstić information content (AvgIpc) is 3.19. The second-order valence-electron chi connectivity index (χ2n) is 7.94. The molecule has 3 aromatic carbocycles. The highest BCUT2D eigenvalue weighted by Gasteiger charge is 2.24. The normalized spacial score (nSPS) is 14.4. The van der Waals surface area contributed by atoms with Crippen molar-refractivity contribution in [1.82, 2.24) is 0 Å². The number of carbonyl (C=O) groups excluding carboxylic acids is 1. The number of aliphatic imine (C=N–C) groups is 1. The minimum Gasteiger partial charge on any atom is -0.493 e. The highest BCUT2D eigenvalue weighted by atomic mass is 35.5. The van der Waals surface area contributed by atoms with E-state index in [1.165, 1.54) is 5.56 Å².